The van der Waals surface area contributed by atoms with Crippen molar-refractivity contribution in [1.82, 2.24) is 0 Å². The second-order valence-electron chi connectivity index (χ2n) is 5.20. The highest BCUT2D eigenvalue weighted by atomic mass is 35.5. The van der Waals surface area contributed by atoms with Crippen molar-refractivity contribution in [3.63, 3.8) is 0 Å². The van der Waals surface area contributed by atoms with Gasteiger partial charge in [0.1, 0.15) is 5.75 Å². The van der Waals surface area contributed by atoms with Crippen molar-refractivity contribution in [3.8, 4) is 5.75 Å². The molecule has 0 aliphatic heterocycles. The van der Waals surface area contributed by atoms with Crippen LogP contribution < -0.4 is 27.0 Å². The largest absolute Gasteiger partial charge is 1.00 e. The molecular weight excluding hydrogens is 350 g/mol. The van der Waals surface area contributed by atoms with Crippen LogP contribution in [0.25, 0.3) is 10.8 Å². The number of carbonyl (C=O) groups is 1. The zero-order chi connectivity index (χ0) is 16.9. The van der Waals surface area contributed by atoms with Gasteiger partial charge < -0.3 is 22.5 Å². The fourth-order valence-electron chi connectivity index (χ4n) is 2.36. The van der Waals surface area contributed by atoms with E-state index in [0.29, 0.717) is 5.69 Å². The lowest BCUT2D eigenvalue weighted by molar-refractivity contribution is -0.682. The Morgan fingerprint density at radius 3 is 2.40 bits per heavy atom. The van der Waals surface area contributed by atoms with E-state index in [4.69, 9.17) is 0 Å². The van der Waals surface area contributed by atoms with Gasteiger partial charge in [-0.15, -0.1) is 0 Å². The molecule has 3 aromatic rings. The van der Waals surface area contributed by atoms with Gasteiger partial charge in [-0.3, -0.25) is 4.79 Å². The van der Waals surface area contributed by atoms with Crippen LogP contribution in [-0.4, -0.2) is 12.5 Å². The van der Waals surface area contributed by atoms with Gasteiger partial charge in [0, 0.05) is 17.1 Å². The number of aromatic nitrogens is 1. The van der Waals surface area contributed by atoms with Crippen LogP contribution in [0.15, 0.2) is 67.0 Å². The maximum absolute atomic E-state index is 12.1. The van der Waals surface area contributed by atoms with E-state index in [-0.39, 0.29) is 30.6 Å². The van der Waals surface area contributed by atoms with Crippen LogP contribution in [0.5, 0.6) is 5.75 Å². The summed E-state index contributed by atoms with van der Waals surface area (Å²) in [6.07, 6.45) is 3.73. The molecule has 0 bridgehead atoms. The first-order valence-electron chi connectivity index (χ1n) is 7.33. The lowest BCUT2D eigenvalue weighted by Gasteiger charge is -2.06. The van der Waals surface area contributed by atoms with Gasteiger partial charge in [0.25, 0.3) is 5.91 Å². The average molecular weight is 365 g/mol. The number of halogens is 3. The zero-order valence-electron chi connectivity index (χ0n) is 13.0. The molecule has 2 aromatic carbocycles. The Balaban J connectivity index is 0.00000225. The quantitative estimate of drug-likeness (QED) is 0.665. The number of hydrogen-bond donors (Lipinski definition) is 1. The molecule has 4 nitrogen and oxygen atoms in total. The molecule has 1 aromatic heterocycles. The first-order chi connectivity index (χ1) is 11.6. The first-order valence-corrected chi connectivity index (χ1v) is 7.33. The zero-order valence-corrected chi connectivity index (χ0v) is 13.8. The molecule has 1 amide bonds. The summed E-state index contributed by atoms with van der Waals surface area (Å²) >= 11 is 0. The Hall–Kier alpha value is -2.73. The number of fused-ring (bicyclic) bond motifs is 1. The van der Waals surface area contributed by atoms with E-state index in [1.54, 1.807) is 4.57 Å². The first kappa shape index (κ1) is 18.6. The minimum Gasteiger partial charge on any atom is -1.00 e. The van der Waals surface area contributed by atoms with E-state index in [1.165, 1.54) is 24.3 Å². The molecular formula is C18H15ClF2N2O2. The Morgan fingerprint density at radius 2 is 1.72 bits per heavy atom. The molecule has 25 heavy (non-hydrogen) atoms. The number of carbonyl (C=O) groups excluding carboxylic acids is 1. The number of rotatable bonds is 5. The molecule has 0 saturated carbocycles. The minimum atomic E-state index is -2.87. The van der Waals surface area contributed by atoms with Gasteiger partial charge in [0.2, 0.25) is 6.54 Å². The lowest BCUT2D eigenvalue weighted by atomic mass is 10.2. The van der Waals surface area contributed by atoms with Crippen LogP contribution in [0.2, 0.25) is 0 Å². The summed E-state index contributed by atoms with van der Waals surface area (Å²) in [5.74, 6) is -0.162. The number of hydrogen-bond acceptors (Lipinski definition) is 2. The number of ether oxygens (including phenoxy) is 1. The van der Waals surface area contributed by atoms with Gasteiger partial charge in [-0.05, 0) is 35.7 Å². The van der Waals surface area contributed by atoms with Gasteiger partial charge in [0.05, 0.1) is 0 Å². The van der Waals surface area contributed by atoms with E-state index < -0.39 is 6.61 Å². The molecule has 0 unspecified atom stereocenters. The molecule has 7 heteroatoms. The van der Waals surface area contributed by atoms with Crippen molar-refractivity contribution in [1.29, 1.82) is 0 Å². The second kappa shape index (κ2) is 8.39. The van der Waals surface area contributed by atoms with Gasteiger partial charge in [-0.2, -0.15) is 13.3 Å². The molecule has 0 aliphatic rings. The minimum absolute atomic E-state index is 0. The predicted octanol–water partition coefficient (Wildman–Crippen LogP) is 0.371. The third kappa shape index (κ3) is 5.12. The smallest absolute Gasteiger partial charge is 0.387 e. The van der Waals surface area contributed by atoms with Crippen LogP contribution in [0.1, 0.15) is 0 Å². The summed E-state index contributed by atoms with van der Waals surface area (Å²) in [5, 5.41) is 4.86. The van der Waals surface area contributed by atoms with E-state index in [9.17, 15) is 13.6 Å². The number of anilines is 1. The Labute approximate surface area is 149 Å². The molecule has 130 valence electrons. The van der Waals surface area contributed by atoms with Crippen molar-refractivity contribution >= 4 is 22.4 Å². The van der Waals surface area contributed by atoms with Gasteiger partial charge in [-0.1, -0.05) is 18.2 Å². The van der Waals surface area contributed by atoms with Crippen LogP contribution in [0.4, 0.5) is 14.5 Å². The Bertz CT molecular complexity index is 857. The van der Waals surface area contributed by atoms with Gasteiger partial charge in [-0.25, -0.2) is 0 Å². The molecule has 3 rings (SSSR count). The number of nitrogens with zero attached hydrogens (tertiary/aromatic N) is 1. The molecule has 0 spiro atoms. The molecule has 0 aliphatic carbocycles. The second-order valence-corrected chi connectivity index (χ2v) is 5.20. The maximum Gasteiger partial charge on any atom is 0.387 e. The summed E-state index contributed by atoms with van der Waals surface area (Å²) < 4.78 is 30.2. The maximum atomic E-state index is 12.1. The number of pyridine rings is 1. The Morgan fingerprint density at radius 1 is 1.04 bits per heavy atom. The highest BCUT2D eigenvalue weighted by Crippen LogP contribution is 2.17. The van der Waals surface area contributed by atoms with Crippen molar-refractivity contribution in [2.45, 2.75) is 13.2 Å². The SMILES string of the molecule is O=C(C[n+]1ccc2ccccc2c1)Nc1ccc(OC(F)F)cc1.[Cl-]. The normalized spacial score (nSPS) is 10.4. The Kier molecular flexibility index (Phi) is 6.25. The summed E-state index contributed by atoms with van der Waals surface area (Å²) in [5.41, 5.74) is 0.517. The number of alkyl halides is 2. The topological polar surface area (TPSA) is 42.2 Å². The summed E-state index contributed by atoms with van der Waals surface area (Å²) in [6.45, 7) is -2.71. The lowest BCUT2D eigenvalue weighted by Crippen LogP contribution is -3.00. The highest BCUT2D eigenvalue weighted by molar-refractivity contribution is 5.89. The molecule has 0 atom stereocenters. The van der Waals surface area contributed by atoms with Gasteiger partial charge >= 0.3 is 6.61 Å². The highest BCUT2D eigenvalue weighted by Gasteiger charge is 2.11. The summed E-state index contributed by atoms with van der Waals surface area (Å²) in [7, 11) is 0. The van der Waals surface area contributed by atoms with Crippen molar-refractivity contribution in [3.05, 3.63) is 67.0 Å². The van der Waals surface area contributed by atoms with Crippen LogP contribution in [0, 0.1) is 0 Å². The number of benzene rings is 2. The third-order valence-corrected chi connectivity index (χ3v) is 3.44. The monoisotopic (exact) mass is 364 g/mol. The predicted molar refractivity (Wildman–Crippen MR) is 85.8 cm³/mol. The van der Waals surface area contributed by atoms with Crippen LogP contribution in [0.3, 0.4) is 0 Å². The molecule has 0 saturated heterocycles. The molecule has 1 heterocycles. The fourth-order valence-corrected chi connectivity index (χ4v) is 2.36. The van der Waals surface area contributed by atoms with Crippen molar-refractivity contribution in [2.75, 3.05) is 5.32 Å². The fraction of sp³-hybridized carbons (Fsp3) is 0.111. The van der Waals surface area contributed by atoms with Crippen LogP contribution >= 0.6 is 0 Å². The van der Waals surface area contributed by atoms with Crippen molar-refractivity contribution in [2.24, 2.45) is 0 Å². The summed E-state index contributed by atoms with van der Waals surface area (Å²) in [4.78, 5) is 12.1. The average Bonchev–Trinajstić information content (AvgIpc) is 2.56. The summed E-state index contributed by atoms with van der Waals surface area (Å²) in [6, 6.07) is 15.6. The number of amides is 1. The van der Waals surface area contributed by atoms with E-state index in [0.717, 1.165) is 10.8 Å². The third-order valence-electron chi connectivity index (χ3n) is 3.44. The number of nitrogens with one attached hydrogen (secondary N) is 1. The van der Waals surface area contributed by atoms with E-state index >= 15 is 0 Å². The van der Waals surface area contributed by atoms with Crippen molar-refractivity contribution < 1.29 is 35.3 Å². The standard InChI is InChI=1S/C18H14F2N2O2.ClH/c19-18(20)24-16-7-5-15(6-8-16)21-17(23)12-22-10-9-13-3-1-2-4-14(13)11-22;/h1-11,18H,12H2;1H. The van der Waals surface area contributed by atoms with E-state index in [1.807, 2.05) is 42.7 Å². The molecule has 0 radical (unpaired) electrons. The van der Waals surface area contributed by atoms with E-state index in [2.05, 4.69) is 10.1 Å². The molecule has 0 fully saturated rings. The van der Waals surface area contributed by atoms with Gasteiger partial charge in [0.15, 0.2) is 12.4 Å². The molecule has 1 N–H and O–H groups in total. The van der Waals surface area contributed by atoms with Crippen LogP contribution in [-0.2, 0) is 11.3 Å².